The highest BCUT2D eigenvalue weighted by Crippen LogP contribution is 2.22. The summed E-state index contributed by atoms with van der Waals surface area (Å²) < 4.78 is 0. The van der Waals surface area contributed by atoms with Crippen molar-refractivity contribution >= 4 is 5.91 Å². The van der Waals surface area contributed by atoms with Crippen molar-refractivity contribution in [2.24, 2.45) is 11.7 Å². The second-order valence-corrected chi connectivity index (χ2v) is 5.38. The van der Waals surface area contributed by atoms with Crippen LogP contribution < -0.4 is 11.1 Å². The molecular formula is C15H24N2O. The number of hydrogen-bond acceptors (Lipinski definition) is 2. The van der Waals surface area contributed by atoms with E-state index in [-0.39, 0.29) is 5.91 Å². The first-order valence-electron chi connectivity index (χ1n) is 6.52. The Morgan fingerprint density at radius 2 is 1.94 bits per heavy atom. The molecule has 0 saturated carbocycles. The van der Waals surface area contributed by atoms with E-state index in [1.807, 2.05) is 44.2 Å². The van der Waals surface area contributed by atoms with Gasteiger partial charge in [0.15, 0.2) is 0 Å². The Bertz CT molecular complexity index is 373. The molecule has 0 aliphatic carbocycles. The van der Waals surface area contributed by atoms with Crippen molar-refractivity contribution in [1.82, 2.24) is 5.32 Å². The predicted octanol–water partition coefficient (Wildman–Crippen LogP) is 2.07. The van der Waals surface area contributed by atoms with Gasteiger partial charge in [0.25, 0.3) is 0 Å². The molecule has 0 radical (unpaired) electrons. The summed E-state index contributed by atoms with van der Waals surface area (Å²) in [4.78, 5) is 12.2. The highest BCUT2D eigenvalue weighted by atomic mass is 16.2. The summed E-state index contributed by atoms with van der Waals surface area (Å²) in [6.07, 6.45) is 0.937. The number of nitrogens with one attached hydrogen (secondary N) is 1. The Kier molecular flexibility index (Phi) is 5.35. The summed E-state index contributed by atoms with van der Waals surface area (Å²) >= 11 is 0. The maximum atomic E-state index is 12.2. The minimum atomic E-state index is -0.496. The molecule has 0 aliphatic heterocycles. The Morgan fingerprint density at radius 1 is 1.33 bits per heavy atom. The van der Waals surface area contributed by atoms with Crippen LogP contribution in [0.25, 0.3) is 0 Å². The van der Waals surface area contributed by atoms with E-state index in [0.717, 1.165) is 12.0 Å². The molecule has 3 nitrogen and oxygen atoms in total. The van der Waals surface area contributed by atoms with Crippen LogP contribution in [0.5, 0.6) is 0 Å². The summed E-state index contributed by atoms with van der Waals surface area (Å²) in [5, 5.41) is 3.01. The molecule has 18 heavy (non-hydrogen) atoms. The minimum absolute atomic E-state index is 0.0672. The quantitative estimate of drug-likeness (QED) is 0.809. The van der Waals surface area contributed by atoms with Gasteiger partial charge in [0.1, 0.15) is 0 Å². The largest absolute Gasteiger partial charge is 0.355 e. The molecule has 0 spiro atoms. The van der Waals surface area contributed by atoms with Gasteiger partial charge in [-0.25, -0.2) is 0 Å². The molecule has 3 N–H and O–H groups in total. The summed E-state index contributed by atoms with van der Waals surface area (Å²) in [6, 6.07) is 9.86. The minimum Gasteiger partial charge on any atom is -0.355 e. The first-order chi connectivity index (χ1) is 8.48. The van der Waals surface area contributed by atoms with Crippen LogP contribution >= 0.6 is 0 Å². The second kappa shape index (κ2) is 6.55. The molecule has 1 unspecified atom stereocenters. The van der Waals surface area contributed by atoms with Crippen molar-refractivity contribution < 1.29 is 4.79 Å². The molecule has 0 heterocycles. The van der Waals surface area contributed by atoms with Crippen molar-refractivity contribution in [2.45, 2.75) is 32.6 Å². The number of amides is 1. The third kappa shape index (κ3) is 3.84. The molecule has 0 bridgehead atoms. The summed E-state index contributed by atoms with van der Waals surface area (Å²) in [5.41, 5.74) is 6.04. The zero-order valence-electron chi connectivity index (χ0n) is 11.6. The van der Waals surface area contributed by atoms with E-state index in [0.29, 0.717) is 19.0 Å². The van der Waals surface area contributed by atoms with E-state index in [9.17, 15) is 4.79 Å². The van der Waals surface area contributed by atoms with Gasteiger partial charge in [-0.3, -0.25) is 4.79 Å². The van der Waals surface area contributed by atoms with Crippen LogP contribution in [0.1, 0.15) is 32.8 Å². The van der Waals surface area contributed by atoms with E-state index >= 15 is 0 Å². The average Bonchev–Trinajstić information content (AvgIpc) is 2.37. The number of carbonyl (C=O) groups excluding carboxylic acids is 1. The monoisotopic (exact) mass is 248 g/mol. The van der Waals surface area contributed by atoms with Gasteiger partial charge in [-0.2, -0.15) is 0 Å². The van der Waals surface area contributed by atoms with Crippen molar-refractivity contribution in [1.29, 1.82) is 0 Å². The first-order valence-corrected chi connectivity index (χ1v) is 6.52. The lowest BCUT2D eigenvalue weighted by Gasteiger charge is -2.25. The number of rotatable bonds is 6. The lowest BCUT2D eigenvalue weighted by atomic mass is 9.83. The average molecular weight is 248 g/mol. The van der Waals surface area contributed by atoms with E-state index in [4.69, 9.17) is 5.73 Å². The Balaban J connectivity index is 2.60. The molecule has 1 aromatic carbocycles. The van der Waals surface area contributed by atoms with Gasteiger partial charge >= 0.3 is 0 Å². The molecule has 1 aromatic rings. The summed E-state index contributed by atoms with van der Waals surface area (Å²) in [5.74, 6) is 0.489. The van der Waals surface area contributed by atoms with Gasteiger partial charge in [-0.1, -0.05) is 37.3 Å². The van der Waals surface area contributed by atoms with E-state index < -0.39 is 5.41 Å². The number of carbonyl (C=O) groups is 1. The molecule has 1 amide bonds. The Hall–Kier alpha value is -1.35. The molecule has 1 rings (SSSR count). The maximum absolute atomic E-state index is 12.2. The molecule has 0 saturated heterocycles. The number of hydrogen-bond donors (Lipinski definition) is 2. The fraction of sp³-hybridized carbons (Fsp3) is 0.533. The molecule has 1 atom stereocenters. The van der Waals surface area contributed by atoms with Crippen molar-refractivity contribution in [3.8, 4) is 0 Å². The fourth-order valence-corrected chi connectivity index (χ4v) is 1.86. The Labute approximate surface area is 110 Å². The Morgan fingerprint density at radius 3 is 2.50 bits per heavy atom. The molecule has 100 valence electrons. The molecule has 0 aliphatic rings. The number of nitrogens with two attached hydrogens (primary N) is 1. The SMILES string of the molecule is CC(CCN)CNC(=O)C(C)(C)c1ccccc1. The molecule has 0 aromatic heterocycles. The lowest BCUT2D eigenvalue weighted by molar-refractivity contribution is -0.125. The smallest absolute Gasteiger partial charge is 0.230 e. The van der Waals surface area contributed by atoms with Crippen LogP contribution in [0.15, 0.2) is 30.3 Å². The third-order valence-electron chi connectivity index (χ3n) is 3.33. The van der Waals surface area contributed by atoms with E-state index in [1.54, 1.807) is 0 Å². The van der Waals surface area contributed by atoms with Crippen LogP contribution in [-0.4, -0.2) is 19.0 Å². The highest BCUT2D eigenvalue weighted by molar-refractivity contribution is 5.87. The van der Waals surface area contributed by atoms with Crippen LogP contribution in [-0.2, 0) is 10.2 Å². The topological polar surface area (TPSA) is 55.1 Å². The zero-order valence-corrected chi connectivity index (χ0v) is 11.6. The fourth-order valence-electron chi connectivity index (χ4n) is 1.86. The molecule has 0 fully saturated rings. The van der Waals surface area contributed by atoms with Gasteiger partial charge in [0.05, 0.1) is 5.41 Å². The van der Waals surface area contributed by atoms with E-state index in [2.05, 4.69) is 12.2 Å². The summed E-state index contributed by atoms with van der Waals surface area (Å²) in [7, 11) is 0. The van der Waals surface area contributed by atoms with Crippen LogP contribution in [0, 0.1) is 5.92 Å². The van der Waals surface area contributed by atoms with Crippen LogP contribution in [0.2, 0.25) is 0 Å². The van der Waals surface area contributed by atoms with Crippen molar-refractivity contribution in [2.75, 3.05) is 13.1 Å². The van der Waals surface area contributed by atoms with Crippen LogP contribution in [0.3, 0.4) is 0 Å². The van der Waals surface area contributed by atoms with Crippen molar-refractivity contribution in [3.63, 3.8) is 0 Å². The van der Waals surface area contributed by atoms with E-state index in [1.165, 1.54) is 0 Å². The zero-order chi connectivity index (χ0) is 13.6. The molecular weight excluding hydrogens is 224 g/mol. The molecule has 3 heteroatoms. The van der Waals surface area contributed by atoms with Gasteiger partial charge in [0.2, 0.25) is 5.91 Å². The second-order valence-electron chi connectivity index (χ2n) is 5.38. The van der Waals surface area contributed by atoms with Gasteiger partial charge in [-0.15, -0.1) is 0 Å². The standard InChI is InChI=1S/C15H24N2O/c1-12(9-10-16)11-17-14(18)15(2,3)13-7-5-4-6-8-13/h4-8,12H,9-11,16H2,1-3H3,(H,17,18). The van der Waals surface area contributed by atoms with Gasteiger partial charge in [-0.05, 0) is 38.3 Å². The summed E-state index contributed by atoms with van der Waals surface area (Å²) in [6.45, 7) is 7.35. The normalized spacial score (nSPS) is 13.1. The van der Waals surface area contributed by atoms with Crippen molar-refractivity contribution in [3.05, 3.63) is 35.9 Å². The number of benzene rings is 1. The lowest BCUT2D eigenvalue weighted by Crippen LogP contribution is -2.41. The van der Waals surface area contributed by atoms with Gasteiger partial charge < -0.3 is 11.1 Å². The van der Waals surface area contributed by atoms with Crippen LogP contribution in [0.4, 0.5) is 0 Å². The highest BCUT2D eigenvalue weighted by Gasteiger charge is 2.29. The first kappa shape index (κ1) is 14.7. The maximum Gasteiger partial charge on any atom is 0.230 e. The van der Waals surface area contributed by atoms with Gasteiger partial charge in [0, 0.05) is 6.54 Å². The third-order valence-corrected chi connectivity index (χ3v) is 3.33. The predicted molar refractivity (Wildman–Crippen MR) is 75.3 cm³/mol.